The van der Waals surface area contributed by atoms with Crippen molar-refractivity contribution in [3.63, 3.8) is 0 Å². The highest BCUT2D eigenvalue weighted by Gasteiger charge is 2.34. The quantitative estimate of drug-likeness (QED) is 0.867. The van der Waals surface area contributed by atoms with Crippen LogP contribution in [0.3, 0.4) is 0 Å². The molecule has 1 heterocycles. The Morgan fingerprint density at radius 3 is 2.90 bits per heavy atom. The molecule has 1 N–H and O–H groups in total. The van der Waals surface area contributed by atoms with E-state index in [1.807, 2.05) is 13.1 Å². The van der Waals surface area contributed by atoms with Gasteiger partial charge >= 0.3 is 0 Å². The van der Waals surface area contributed by atoms with Crippen LogP contribution in [-0.2, 0) is 4.74 Å². The topological polar surface area (TPSA) is 24.5 Å². The summed E-state index contributed by atoms with van der Waals surface area (Å²) in [7, 11) is 1.98. The second-order valence-corrected chi connectivity index (χ2v) is 5.68. The second-order valence-electron chi connectivity index (χ2n) is 5.68. The van der Waals surface area contributed by atoms with E-state index in [0.29, 0.717) is 0 Å². The summed E-state index contributed by atoms with van der Waals surface area (Å²) in [6.45, 7) is 6.44. The number of hydrogen-bond acceptors (Lipinski definition) is 3. The van der Waals surface area contributed by atoms with Crippen molar-refractivity contribution >= 4 is 5.69 Å². The number of nitrogens with one attached hydrogen (secondary N) is 1. The van der Waals surface area contributed by atoms with Gasteiger partial charge < -0.3 is 15.0 Å². The number of benzene rings is 1. The van der Waals surface area contributed by atoms with Gasteiger partial charge in [-0.1, -0.05) is 6.07 Å². The van der Waals surface area contributed by atoms with Crippen LogP contribution in [-0.4, -0.2) is 39.9 Å². The molecule has 1 aliphatic rings. The molecule has 0 aromatic heterocycles. The highest BCUT2D eigenvalue weighted by atomic mass is 19.1. The third kappa shape index (κ3) is 3.70. The van der Waals surface area contributed by atoms with Gasteiger partial charge in [0.25, 0.3) is 0 Å². The Kier molecular flexibility index (Phi) is 5.38. The van der Waals surface area contributed by atoms with Gasteiger partial charge in [-0.05, 0) is 45.0 Å². The van der Waals surface area contributed by atoms with Crippen LogP contribution in [0, 0.1) is 11.2 Å². The largest absolute Gasteiger partial charge is 0.381 e. The van der Waals surface area contributed by atoms with Gasteiger partial charge in [0, 0.05) is 37.3 Å². The lowest BCUT2D eigenvalue weighted by molar-refractivity contribution is -0.00224. The first-order valence-corrected chi connectivity index (χ1v) is 7.42. The zero-order chi connectivity index (χ0) is 14.4. The van der Waals surface area contributed by atoms with Gasteiger partial charge in [0.05, 0.1) is 6.61 Å². The van der Waals surface area contributed by atoms with Crippen LogP contribution in [0.4, 0.5) is 10.1 Å². The van der Waals surface area contributed by atoms with Crippen molar-refractivity contribution in [3.05, 3.63) is 30.1 Å². The number of halogens is 1. The number of ether oxygens (including phenoxy) is 1. The van der Waals surface area contributed by atoms with Crippen LogP contribution >= 0.6 is 0 Å². The lowest BCUT2D eigenvalue weighted by Gasteiger charge is -2.41. The molecule has 3 nitrogen and oxygen atoms in total. The third-order valence-corrected chi connectivity index (χ3v) is 4.04. The SMILES string of the molecule is CCN(CC1(CNC)CCCOC1)c1cccc(F)c1. The van der Waals surface area contributed by atoms with Crippen molar-refractivity contribution in [2.75, 3.05) is 44.8 Å². The molecule has 1 unspecified atom stereocenters. The molecule has 1 saturated heterocycles. The molecule has 0 bridgehead atoms. The highest BCUT2D eigenvalue weighted by Crippen LogP contribution is 2.31. The molecule has 1 atom stereocenters. The minimum atomic E-state index is -0.177. The fraction of sp³-hybridized carbons (Fsp3) is 0.625. The molecule has 2 rings (SSSR count). The lowest BCUT2D eigenvalue weighted by atomic mass is 9.81. The molecule has 4 heteroatoms. The van der Waals surface area contributed by atoms with Crippen molar-refractivity contribution in [3.8, 4) is 0 Å². The summed E-state index contributed by atoms with van der Waals surface area (Å²) in [5.41, 5.74) is 1.07. The minimum absolute atomic E-state index is 0.120. The van der Waals surface area contributed by atoms with E-state index in [1.165, 1.54) is 6.07 Å². The maximum Gasteiger partial charge on any atom is 0.125 e. The Morgan fingerprint density at radius 2 is 2.30 bits per heavy atom. The van der Waals surface area contributed by atoms with Gasteiger partial charge in [0.2, 0.25) is 0 Å². The Bertz CT molecular complexity index is 413. The molecule has 1 aromatic carbocycles. The van der Waals surface area contributed by atoms with Gasteiger partial charge in [0.15, 0.2) is 0 Å². The van der Waals surface area contributed by atoms with Crippen molar-refractivity contribution < 1.29 is 9.13 Å². The highest BCUT2D eigenvalue weighted by molar-refractivity contribution is 5.46. The molecule has 0 radical (unpaired) electrons. The molecule has 0 spiro atoms. The zero-order valence-corrected chi connectivity index (χ0v) is 12.5. The van der Waals surface area contributed by atoms with E-state index in [4.69, 9.17) is 4.74 Å². The normalized spacial score (nSPS) is 22.8. The predicted molar refractivity (Wildman–Crippen MR) is 80.7 cm³/mol. The fourth-order valence-electron chi connectivity index (χ4n) is 3.07. The molecule has 0 saturated carbocycles. The predicted octanol–water partition coefficient (Wildman–Crippen LogP) is 2.67. The van der Waals surface area contributed by atoms with Gasteiger partial charge in [-0.25, -0.2) is 4.39 Å². The molecule has 20 heavy (non-hydrogen) atoms. The summed E-state index contributed by atoms with van der Waals surface area (Å²) >= 11 is 0. The van der Waals surface area contributed by atoms with E-state index in [9.17, 15) is 4.39 Å². The minimum Gasteiger partial charge on any atom is -0.381 e. The molecular formula is C16H25FN2O. The van der Waals surface area contributed by atoms with E-state index in [0.717, 1.165) is 51.4 Å². The van der Waals surface area contributed by atoms with E-state index < -0.39 is 0 Å². The molecule has 1 aliphatic heterocycles. The third-order valence-electron chi connectivity index (χ3n) is 4.04. The number of hydrogen-bond donors (Lipinski definition) is 1. The average Bonchev–Trinajstić information content (AvgIpc) is 2.46. The molecule has 0 aliphatic carbocycles. The smallest absolute Gasteiger partial charge is 0.125 e. The van der Waals surface area contributed by atoms with E-state index in [1.54, 1.807) is 12.1 Å². The first-order valence-electron chi connectivity index (χ1n) is 7.42. The summed E-state index contributed by atoms with van der Waals surface area (Å²) < 4.78 is 19.1. The van der Waals surface area contributed by atoms with Crippen LogP contribution in [0.15, 0.2) is 24.3 Å². The number of nitrogens with zero attached hydrogens (tertiary/aromatic N) is 1. The van der Waals surface area contributed by atoms with Crippen LogP contribution in [0.2, 0.25) is 0 Å². The number of rotatable bonds is 6. The maximum absolute atomic E-state index is 13.4. The lowest BCUT2D eigenvalue weighted by Crippen LogP contribution is -2.48. The van der Waals surface area contributed by atoms with Crippen LogP contribution < -0.4 is 10.2 Å². The van der Waals surface area contributed by atoms with Crippen molar-refractivity contribution in [2.45, 2.75) is 19.8 Å². The number of anilines is 1. The zero-order valence-electron chi connectivity index (χ0n) is 12.5. The first-order chi connectivity index (χ1) is 9.69. The Morgan fingerprint density at radius 1 is 1.45 bits per heavy atom. The first kappa shape index (κ1) is 15.3. The Balaban J connectivity index is 2.14. The van der Waals surface area contributed by atoms with E-state index in [2.05, 4.69) is 17.1 Å². The van der Waals surface area contributed by atoms with Gasteiger partial charge in [-0.2, -0.15) is 0 Å². The van der Waals surface area contributed by atoms with Crippen molar-refractivity contribution in [1.29, 1.82) is 0 Å². The van der Waals surface area contributed by atoms with E-state index >= 15 is 0 Å². The van der Waals surface area contributed by atoms with Gasteiger partial charge in [-0.3, -0.25) is 0 Å². The summed E-state index contributed by atoms with van der Waals surface area (Å²) in [6.07, 6.45) is 2.25. The Labute approximate surface area is 121 Å². The second kappa shape index (κ2) is 7.04. The average molecular weight is 280 g/mol. The summed E-state index contributed by atoms with van der Waals surface area (Å²) in [5.74, 6) is -0.177. The summed E-state index contributed by atoms with van der Waals surface area (Å²) in [6, 6.07) is 6.85. The van der Waals surface area contributed by atoms with E-state index in [-0.39, 0.29) is 11.2 Å². The van der Waals surface area contributed by atoms with Crippen LogP contribution in [0.25, 0.3) is 0 Å². The van der Waals surface area contributed by atoms with Crippen LogP contribution in [0.5, 0.6) is 0 Å². The summed E-state index contributed by atoms with van der Waals surface area (Å²) in [4.78, 5) is 2.25. The maximum atomic E-state index is 13.4. The monoisotopic (exact) mass is 280 g/mol. The van der Waals surface area contributed by atoms with Gasteiger partial charge in [0.1, 0.15) is 5.82 Å². The van der Waals surface area contributed by atoms with Gasteiger partial charge in [-0.15, -0.1) is 0 Å². The van der Waals surface area contributed by atoms with Crippen LogP contribution in [0.1, 0.15) is 19.8 Å². The summed E-state index contributed by atoms with van der Waals surface area (Å²) in [5, 5.41) is 3.29. The molecule has 0 amide bonds. The molecule has 1 aromatic rings. The standard InChI is InChI=1S/C16H25FN2O/c1-3-19(15-7-4-6-14(17)10-15)12-16(11-18-2)8-5-9-20-13-16/h4,6-7,10,18H,3,5,8-9,11-13H2,1-2H3. The van der Waals surface area contributed by atoms with Crippen molar-refractivity contribution in [1.82, 2.24) is 5.32 Å². The fourth-order valence-corrected chi connectivity index (χ4v) is 3.07. The van der Waals surface area contributed by atoms with Crippen molar-refractivity contribution in [2.24, 2.45) is 5.41 Å². The molecular weight excluding hydrogens is 255 g/mol. The molecule has 112 valence electrons. The molecule has 1 fully saturated rings. The Hall–Kier alpha value is -1.13.